The van der Waals surface area contributed by atoms with E-state index < -0.39 is 0 Å². The number of anilines is 1. The van der Waals surface area contributed by atoms with Crippen molar-refractivity contribution < 1.29 is 4.74 Å². The second kappa shape index (κ2) is 6.80. The van der Waals surface area contributed by atoms with Gasteiger partial charge in [-0.25, -0.2) is 0 Å². The zero-order chi connectivity index (χ0) is 12.7. The summed E-state index contributed by atoms with van der Waals surface area (Å²) in [7, 11) is 1.65. The van der Waals surface area contributed by atoms with Crippen molar-refractivity contribution in [3.8, 4) is 11.8 Å². The maximum absolute atomic E-state index is 9.15. The molecule has 0 unspecified atom stereocenters. The lowest BCUT2D eigenvalue weighted by atomic mass is 10.1. The van der Waals surface area contributed by atoms with Crippen LogP contribution in [0.1, 0.15) is 32.3 Å². The highest BCUT2D eigenvalue weighted by Crippen LogP contribution is 2.26. The molecule has 3 nitrogen and oxygen atoms in total. The Labute approximate surface area is 104 Å². The van der Waals surface area contributed by atoms with Crippen molar-refractivity contribution >= 4 is 5.69 Å². The van der Waals surface area contributed by atoms with E-state index in [9.17, 15) is 0 Å². The van der Waals surface area contributed by atoms with Gasteiger partial charge in [0.15, 0.2) is 0 Å². The molecule has 0 aromatic heterocycles. The van der Waals surface area contributed by atoms with Crippen LogP contribution in [0.15, 0.2) is 18.2 Å². The quantitative estimate of drug-likeness (QED) is 0.755. The van der Waals surface area contributed by atoms with Crippen LogP contribution in [0.2, 0.25) is 0 Å². The van der Waals surface area contributed by atoms with Crippen LogP contribution in [0.5, 0.6) is 5.75 Å². The van der Waals surface area contributed by atoms with Crippen LogP contribution >= 0.6 is 0 Å². The molecule has 0 radical (unpaired) electrons. The molecule has 0 aliphatic rings. The molecule has 17 heavy (non-hydrogen) atoms. The van der Waals surface area contributed by atoms with Gasteiger partial charge < -0.3 is 9.64 Å². The van der Waals surface area contributed by atoms with Gasteiger partial charge in [0.1, 0.15) is 11.8 Å². The van der Waals surface area contributed by atoms with E-state index >= 15 is 0 Å². The molecule has 0 bridgehead atoms. The molecule has 0 atom stereocenters. The van der Waals surface area contributed by atoms with Gasteiger partial charge in [-0.3, -0.25) is 0 Å². The fraction of sp³-hybridized carbons (Fsp3) is 0.500. The molecule has 0 aliphatic heterocycles. The third kappa shape index (κ3) is 3.39. The molecule has 0 fully saturated rings. The highest BCUT2D eigenvalue weighted by molar-refractivity contribution is 5.62. The summed E-state index contributed by atoms with van der Waals surface area (Å²) in [5.41, 5.74) is 1.70. The van der Waals surface area contributed by atoms with E-state index in [-0.39, 0.29) is 0 Å². The van der Waals surface area contributed by atoms with E-state index in [1.54, 1.807) is 7.11 Å². The second-order valence-corrected chi connectivity index (χ2v) is 3.98. The largest absolute Gasteiger partial charge is 0.497 e. The maximum atomic E-state index is 9.15. The standard InChI is InChI=1S/C14H20N2O/c1-4-8-16(9-5-2)14-10-13(17-3)7-6-12(14)11-15/h6-7,10H,4-5,8-9H2,1-3H3. The number of nitrogens with zero attached hydrogens (tertiary/aromatic N) is 2. The molecule has 0 saturated heterocycles. The van der Waals surface area contributed by atoms with Crippen LogP contribution in [0, 0.1) is 11.3 Å². The highest BCUT2D eigenvalue weighted by atomic mass is 16.5. The molecule has 3 heteroatoms. The Morgan fingerprint density at radius 1 is 1.24 bits per heavy atom. The summed E-state index contributed by atoms with van der Waals surface area (Å²) in [5.74, 6) is 0.802. The summed E-state index contributed by atoms with van der Waals surface area (Å²) in [6, 6.07) is 7.85. The van der Waals surface area contributed by atoms with Gasteiger partial charge >= 0.3 is 0 Å². The third-order valence-electron chi connectivity index (χ3n) is 2.65. The Kier molecular flexibility index (Phi) is 5.35. The van der Waals surface area contributed by atoms with E-state index in [4.69, 9.17) is 10.00 Å². The molecule has 0 spiro atoms. The van der Waals surface area contributed by atoms with Gasteiger partial charge in [0.05, 0.1) is 18.4 Å². The van der Waals surface area contributed by atoms with Gasteiger partial charge in [-0.2, -0.15) is 5.26 Å². The number of nitriles is 1. The average Bonchev–Trinajstić information content (AvgIpc) is 2.37. The molecule has 0 amide bonds. The first-order valence-electron chi connectivity index (χ1n) is 6.09. The van der Waals surface area contributed by atoms with Crippen LogP contribution in [-0.4, -0.2) is 20.2 Å². The monoisotopic (exact) mass is 232 g/mol. The van der Waals surface area contributed by atoms with E-state index in [0.717, 1.165) is 37.4 Å². The SMILES string of the molecule is CCCN(CCC)c1cc(OC)ccc1C#N. The van der Waals surface area contributed by atoms with Crippen LogP contribution in [0.3, 0.4) is 0 Å². The number of ether oxygens (including phenoxy) is 1. The van der Waals surface area contributed by atoms with Crippen molar-refractivity contribution in [3.63, 3.8) is 0 Å². The first-order valence-corrected chi connectivity index (χ1v) is 6.09. The van der Waals surface area contributed by atoms with E-state index in [2.05, 4.69) is 24.8 Å². The Bertz CT molecular complexity index is 390. The van der Waals surface area contributed by atoms with Gasteiger partial charge in [0, 0.05) is 19.2 Å². The predicted molar refractivity (Wildman–Crippen MR) is 70.5 cm³/mol. The zero-order valence-corrected chi connectivity index (χ0v) is 10.9. The maximum Gasteiger partial charge on any atom is 0.121 e. The van der Waals surface area contributed by atoms with Crippen molar-refractivity contribution in [2.75, 3.05) is 25.1 Å². The highest BCUT2D eigenvalue weighted by Gasteiger charge is 2.11. The fourth-order valence-electron chi connectivity index (χ4n) is 1.89. The van der Waals surface area contributed by atoms with E-state index in [0.29, 0.717) is 5.56 Å². The van der Waals surface area contributed by atoms with E-state index in [1.165, 1.54) is 0 Å². The van der Waals surface area contributed by atoms with Crippen LogP contribution in [0.25, 0.3) is 0 Å². The van der Waals surface area contributed by atoms with Gasteiger partial charge in [-0.15, -0.1) is 0 Å². The summed E-state index contributed by atoms with van der Waals surface area (Å²) in [4.78, 5) is 2.25. The Hall–Kier alpha value is -1.69. The van der Waals surface area contributed by atoms with Crippen LogP contribution in [-0.2, 0) is 0 Å². The van der Waals surface area contributed by atoms with Crippen LogP contribution in [0.4, 0.5) is 5.69 Å². The van der Waals surface area contributed by atoms with Gasteiger partial charge in [-0.1, -0.05) is 13.8 Å². The van der Waals surface area contributed by atoms with Crippen molar-refractivity contribution in [3.05, 3.63) is 23.8 Å². The molecule has 1 rings (SSSR count). The first kappa shape index (κ1) is 13.4. The summed E-state index contributed by atoms with van der Waals surface area (Å²) in [5, 5.41) is 9.15. The minimum absolute atomic E-state index is 0.715. The zero-order valence-electron chi connectivity index (χ0n) is 10.9. The van der Waals surface area contributed by atoms with Crippen LogP contribution < -0.4 is 9.64 Å². The minimum atomic E-state index is 0.715. The molecule has 0 heterocycles. The van der Waals surface area contributed by atoms with Crippen molar-refractivity contribution in [1.29, 1.82) is 5.26 Å². The molecular formula is C14H20N2O. The van der Waals surface area contributed by atoms with Gasteiger partial charge in [0.2, 0.25) is 0 Å². The lowest BCUT2D eigenvalue weighted by Crippen LogP contribution is -2.25. The average molecular weight is 232 g/mol. The predicted octanol–water partition coefficient (Wildman–Crippen LogP) is 3.19. The smallest absolute Gasteiger partial charge is 0.121 e. The normalized spacial score (nSPS) is 9.76. The number of hydrogen-bond acceptors (Lipinski definition) is 3. The fourth-order valence-corrected chi connectivity index (χ4v) is 1.89. The number of benzene rings is 1. The molecule has 0 aliphatic carbocycles. The van der Waals surface area contributed by atoms with Crippen molar-refractivity contribution in [2.24, 2.45) is 0 Å². The molecule has 92 valence electrons. The number of methoxy groups -OCH3 is 1. The first-order chi connectivity index (χ1) is 8.26. The summed E-state index contributed by atoms with van der Waals surface area (Å²) < 4.78 is 5.22. The third-order valence-corrected chi connectivity index (χ3v) is 2.65. The Balaban J connectivity index is 3.09. The number of hydrogen-bond donors (Lipinski definition) is 0. The molecule has 0 N–H and O–H groups in total. The molecule has 0 saturated carbocycles. The molecule has 1 aromatic carbocycles. The topological polar surface area (TPSA) is 36.3 Å². The lowest BCUT2D eigenvalue weighted by molar-refractivity contribution is 0.414. The minimum Gasteiger partial charge on any atom is -0.497 e. The molecular weight excluding hydrogens is 212 g/mol. The Morgan fingerprint density at radius 3 is 2.35 bits per heavy atom. The Morgan fingerprint density at radius 2 is 1.88 bits per heavy atom. The molecule has 1 aromatic rings. The van der Waals surface area contributed by atoms with Gasteiger partial charge in [0.25, 0.3) is 0 Å². The van der Waals surface area contributed by atoms with Crippen molar-refractivity contribution in [1.82, 2.24) is 0 Å². The summed E-state index contributed by atoms with van der Waals surface area (Å²) >= 11 is 0. The number of rotatable bonds is 6. The summed E-state index contributed by atoms with van der Waals surface area (Å²) in [6.07, 6.45) is 2.14. The van der Waals surface area contributed by atoms with Gasteiger partial charge in [-0.05, 0) is 25.0 Å². The van der Waals surface area contributed by atoms with Crippen molar-refractivity contribution in [2.45, 2.75) is 26.7 Å². The van der Waals surface area contributed by atoms with E-state index in [1.807, 2.05) is 18.2 Å². The lowest BCUT2D eigenvalue weighted by Gasteiger charge is -2.25. The summed E-state index contributed by atoms with van der Waals surface area (Å²) in [6.45, 7) is 6.23. The second-order valence-electron chi connectivity index (χ2n) is 3.98.